The smallest absolute Gasteiger partial charge is 0.255 e. The number of hydrogen-bond acceptors (Lipinski definition) is 3. The normalized spacial score (nSPS) is 14.8. The van der Waals surface area contributed by atoms with Gasteiger partial charge >= 0.3 is 0 Å². The molecule has 0 atom stereocenters. The first-order chi connectivity index (χ1) is 16.9. The quantitative estimate of drug-likeness (QED) is 0.476. The molecule has 0 unspecified atom stereocenters. The van der Waals surface area contributed by atoms with Crippen LogP contribution in [0.15, 0.2) is 72.8 Å². The minimum absolute atomic E-state index is 0.119. The number of phenolic OH excluding ortho intramolecular Hbond substituents is 1. The zero-order chi connectivity index (χ0) is 26.3. The lowest BCUT2D eigenvalue weighted by Gasteiger charge is -2.34. The Labute approximate surface area is 214 Å². The maximum atomic E-state index is 13.7. The molecule has 1 aliphatic rings. The molecule has 188 valence electrons. The van der Waals surface area contributed by atoms with Gasteiger partial charge in [0.05, 0.1) is 0 Å². The van der Waals surface area contributed by atoms with Crippen molar-refractivity contribution < 1.29 is 14.7 Å². The van der Waals surface area contributed by atoms with Crippen molar-refractivity contribution in [2.24, 2.45) is 0 Å². The Hall–Kier alpha value is -3.60. The molecule has 1 aliphatic heterocycles. The van der Waals surface area contributed by atoms with Gasteiger partial charge in [-0.3, -0.25) is 9.59 Å². The molecule has 0 saturated carbocycles. The van der Waals surface area contributed by atoms with E-state index in [1.54, 1.807) is 34.1 Å². The lowest BCUT2D eigenvalue weighted by Crippen LogP contribution is -2.38. The maximum absolute atomic E-state index is 13.7. The molecule has 1 N–H and O–H groups in total. The summed E-state index contributed by atoms with van der Waals surface area (Å²) in [5, 5.41) is 11.3. The van der Waals surface area contributed by atoms with Crippen molar-refractivity contribution in [3.05, 3.63) is 101 Å². The maximum Gasteiger partial charge on any atom is 0.255 e. The second-order valence-corrected chi connectivity index (χ2v) is 11.6. The second kappa shape index (κ2) is 9.45. The number of carbonyl (C=O) groups excluding carboxylic acids is 2. The van der Waals surface area contributed by atoms with Crippen LogP contribution < -0.4 is 0 Å². The van der Waals surface area contributed by atoms with Gasteiger partial charge in [-0.25, -0.2) is 0 Å². The summed E-state index contributed by atoms with van der Waals surface area (Å²) >= 11 is 0. The Morgan fingerprint density at radius 3 is 1.39 bits per heavy atom. The Morgan fingerprint density at radius 2 is 1.06 bits per heavy atom. The largest absolute Gasteiger partial charge is 0.507 e. The molecule has 5 heteroatoms. The van der Waals surface area contributed by atoms with E-state index >= 15 is 0 Å². The van der Waals surface area contributed by atoms with E-state index in [2.05, 4.69) is 41.5 Å². The van der Waals surface area contributed by atoms with Crippen LogP contribution in [-0.4, -0.2) is 39.8 Å². The highest BCUT2D eigenvalue weighted by atomic mass is 16.3. The SMILES string of the molecule is CC(C)(C)c1cc(C2N(C(=O)c3ccccc3)CCN2C(=O)c2ccccc2)cc(C(C)(C)C)c1O. The first kappa shape index (κ1) is 25.5. The molecular formula is C31H36N2O3. The number of amides is 2. The van der Waals surface area contributed by atoms with Crippen LogP contribution in [0.5, 0.6) is 5.75 Å². The van der Waals surface area contributed by atoms with Crippen LogP contribution in [0.4, 0.5) is 0 Å². The van der Waals surface area contributed by atoms with Crippen molar-refractivity contribution in [1.82, 2.24) is 9.80 Å². The lowest BCUT2D eigenvalue weighted by molar-refractivity contribution is 0.0544. The van der Waals surface area contributed by atoms with Crippen molar-refractivity contribution in [3.63, 3.8) is 0 Å². The number of benzene rings is 3. The first-order valence-corrected chi connectivity index (χ1v) is 12.5. The summed E-state index contributed by atoms with van der Waals surface area (Å²) in [7, 11) is 0. The van der Waals surface area contributed by atoms with Crippen LogP contribution in [0.1, 0.15) is 85.1 Å². The summed E-state index contributed by atoms with van der Waals surface area (Å²) in [6.07, 6.45) is -0.590. The number of rotatable bonds is 3. The molecule has 2 amide bonds. The number of aromatic hydroxyl groups is 1. The number of phenols is 1. The predicted molar refractivity (Wildman–Crippen MR) is 143 cm³/mol. The van der Waals surface area contributed by atoms with E-state index in [1.165, 1.54) is 0 Å². The topological polar surface area (TPSA) is 60.9 Å². The third kappa shape index (κ3) is 4.88. The van der Waals surface area contributed by atoms with Gasteiger partial charge in [0, 0.05) is 24.2 Å². The molecule has 0 radical (unpaired) electrons. The summed E-state index contributed by atoms with van der Waals surface area (Å²) in [6.45, 7) is 13.2. The summed E-state index contributed by atoms with van der Waals surface area (Å²) in [5.41, 5.74) is 2.94. The van der Waals surface area contributed by atoms with Gasteiger partial charge in [0.25, 0.3) is 11.8 Å². The van der Waals surface area contributed by atoms with Crippen LogP contribution in [-0.2, 0) is 10.8 Å². The van der Waals surface area contributed by atoms with Gasteiger partial charge in [-0.1, -0.05) is 77.9 Å². The average molecular weight is 485 g/mol. The fourth-order valence-corrected chi connectivity index (χ4v) is 4.86. The molecule has 1 saturated heterocycles. The Balaban J connectivity index is 1.90. The van der Waals surface area contributed by atoms with Crippen molar-refractivity contribution in [3.8, 4) is 5.75 Å². The molecule has 3 aromatic rings. The summed E-state index contributed by atoms with van der Waals surface area (Å²) in [6, 6.07) is 22.3. The fraction of sp³-hybridized carbons (Fsp3) is 0.355. The van der Waals surface area contributed by atoms with Crippen LogP contribution in [0.2, 0.25) is 0 Å². The lowest BCUT2D eigenvalue weighted by atomic mass is 9.78. The highest BCUT2D eigenvalue weighted by Gasteiger charge is 2.41. The van der Waals surface area contributed by atoms with E-state index in [-0.39, 0.29) is 28.4 Å². The molecule has 0 spiro atoms. The zero-order valence-electron chi connectivity index (χ0n) is 22.1. The van der Waals surface area contributed by atoms with E-state index in [0.29, 0.717) is 24.2 Å². The molecule has 3 aromatic carbocycles. The van der Waals surface area contributed by atoms with Crippen LogP contribution >= 0.6 is 0 Å². The van der Waals surface area contributed by atoms with E-state index in [9.17, 15) is 14.7 Å². The monoisotopic (exact) mass is 484 g/mol. The number of nitrogens with zero attached hydrogens (tertiary/aromatic N) is 2. The van der Waals surface area contributed by atoms with E-state index in [0.717, 1.165) is 16.7 Å². The van der Waals surface area contributed by atoms with Crippen LogP contribution in [0, 0.1) is 0 Å². The van der Waals surface area contributed by atoms with Crippen LogP contribution in [0.25, 0.3) is 0 Å². The average Bonchev–Trinajstić information content (AvgIpc) is 3.28. The van der Waals surface area contributed by atoms with Crippen molar-refractivity contribution >= 4 is 11.8 Å². The highest BCUT2D eigenvalue weighted by molar-refractivity contribution is 5.97. The van der Waals surface area contributed by atoms with Gasteiger partial charge in [0.2, 0.25) is 0 Å². The molecule has 0 bridgehead atoms. The third-order valence-electron chi connectivity index (χ3n) is 6.78. The zero-order valence-corrected chi connectivity index (χ0v) is 22.1. The van der Waals surface area contributed by atoms with E-state index in [1.807, 2.05) is 48.5 Å². The summed E-state index contributed by atoms with van der Waals surface area (Å²) in [5.74, 6) is 0.0388. The molecule has 0 aliphatic carbocycles. The molecule has 0 aromatic heterocycles. The summed E-state index contributed by atoms with van der Waals surface area (Å²) < 4.78 is 0. The van der Waals surface area contributed by atoms with Gasteiger partial charge in [-0.05, 0) is 63.9 Å². The molecule has 36 heavy (non-hydrogen) atoms. The molecule has 1 fully saturated rings. The van der Waals surface area contributed by atoms with E-state index in [4.69, 9.17) is 0 Å². The number of carbonyl (C=O) groups is 2. The highest BCUT2D eigenvalue weighted by Crippen LogP contribution is 2.43. The van der Waals surface area contributed by atoms with Gasteiger partial charge in [0.1, 0.15) is 11.9 Å². The predicted octanol–water partition coefficient (Wildman–Crippen LogP) is 6.28. The Morgan fingerprint density at radius 1 is 0.694 bits per heavy atom. The Kier molecular flexibility index (Phi) is 6.70. The van der Waals surface area contributed by atoms with Crippen molar-refractivity contribution in [2.75, 3.05) is 13.1 Å². The summed E-state index contributed by atoms with van der Waals surface area (Å²) in [4.78, 5) is 31.0. The third-order valence-corrected chi connectivity index (χ3v) is 6.78. The van der Waals surface area contributed by atoms with Gasteiger partial charge < -0.3 is 14.9 Å². The minimum atomic E-state index is -0.590. The van der Waals surface area contributed by atoms with Gasteiger partial charge in [-0.2, -0.15) is 0 Å². The van der Waals surface area contributed by atoms with Crippen LogP contribution in [0.3, 0.4) is 0 Å². The van der Waals surface area contributed by atoms with Crippen molar-refractivity contribution in [1.29, 1.82) is 0 Å². The number of hydrogen-bond donors (Lipinski definition) is 1. The molecule has 5 nitrogen and oxygen atoms in total. The second-order valence-electron chi connectivity index (χ2n) is 11.6. The molecule has 4 rings (SSSR count). The fourth-order valence-electron chi connectivity index (χ4n) is 4.86. The van der Waals surface area contributed by atoms with Gasteiger partial charge in [0.15, 0.2) is 0 Å². The van der Waals surface area contributed by atoms with Gasteiger partial charge in [-0.15, -0.1) is 0 Å². The standard InChI is InChI=1S/C31H36N2O3/c1-30(2,3)24-19-23(20-25(26(24)34)31(4,5)6)27-32(28(35)21-13-9-7-10-14-21)17-18-33(27)29(36)22-15-11-8-12-16-22/h7-16,19-20,27,34H,17-18H2,1-6H3. The minimum Gasteiger partial charge on any atom is -0.507 e. The molecule has 1 heterocycles. The Bertz CT molecular complexity index is 1160. The first-order valence-electron chi connectivity index (χ1n) is 12.5. The van der Waals surface area contributed by atoms with Crippen molar-refractivity contribution in [2.45, 2.75) is 58.5 Å². The molecular weight excluding hydrogens is 448 g/mol. The van der Waals surface area contributed by atoms with E-state index < -0.39 is 6.17 Å².